The van der Waals surface area contributed by atoms with Crippen LogP contribution in [0.2, 0.25) is 0 Å². The van der Waals surface area contributed by atoms with Crippen LogP contribution in [0.4, 0.5) is 0 Å². The zero-order valence-electron chi connectivity index (χ0n) is 14.2. The predicted molar refractivity (Wildman–Crippen MR) is 87.0 cm³/mol. The van der Waals surface area contributed by atoms with E-state index in [1.807, 2.05) is 6.92 Å². The van der Waals surface area contributed by atoms with Crippen LogP contribution in [0.3, 0.4) is 0 Å². The highest BCUT2D eigenvalue weighted by molar-refractivity contribution is 5.84. The molecule has 2 aliphatic rings. The molecule has 2 atom stereocenters. The Morgan fingerprint density at radius 1 is 1.24 bits per heavy atom. The smallest absolute Gasteiger partial charge is 0.237 e. The summed E-state index contributed by atoms with van der Waals surface area (Å²) in [6, 6.07) is 0.906. The second-order valence-corrected chi connectivity index (χ2v) is 7.79. The van der Waals surface area contributed by atoms with E-state index in [-0.39, 0.29) is 5.91 Å². The van der Waals surface area contributed by atoms with Crippen LogP contribution in [-0.4, -0.2) is 41.5 Å². The van der Waals surface area contributed by atoms with Crippen LogP contribution in [0, 0.1) is 11.8 Å². The van der Waals surface area contributed by atoms with Gasteiger partial charge in [-0.05, 0) is 70.9 Å². The van der Waals surface area contributed by atoms with Crippen LogP contribution < -0.4 is 11.1 Å². The molecule has 122 valence electrons. The van der Waals surface area contributed by atoms with Crippen LogP contribution in [0.15, 0.2) is 0 Å². The van der Waals surface area contributed by atoms with E-state index in [0.717, 1.165) is 31.3 Å². The van der Waals surface area contributed by atoms with E-state index in [1.54, 1.807) is 0 Å². The standard InChI is InChI=1S/C17H33N3O/c1-12(2)14-7-9-20(10-8-14)13(3)11-17(4,16(18)21)19-15-5-6-15/h12-15,19H,5-11H2,1-4H3,(H2,18,21). The summed E-state index contributed by atoms with van der Waals surface area (Å²) >= 11 is 0. The summed E-state index contributed by atoms with van der Waals surface area (Å²) in [4.78, 5) is 14.4. The van der Waals surface area contributed by atoms with E-state index in [0.29, 0.717) is 12.1 Å². The van der Waals surface area contributed by atoms with Crippen molar-refractivity contribution in [3.63, 3.8) is 0 Å². The number of hydrogen-bond donors (Lipinski definition) is 2. The molecule has 4 heteroatoms. The zero-order valence-corrected chi connectivity index (χ0v) is 14.2. The van der Waals surface area contributed by atoms with E-state index >= 15 is 0 Å². The van der Waals surface area contributed by atoms with Crippen molar-refractivity contribution in [2.24, 2.45) is 17.6 Å². The molecule has 2 fully saturated rings. The lowest BCUT2D eigenvalue weighted by atomic mass is 9.85. The van der Waals surface area contributed by atoms with Crippen LogP contribution in [0.5, 0.6) is 0 Å². The first kappa shape index (κ1) is 16.8. The number of piperidine rings is 1. The Hall–Kier alpha value is -0.610. The number of nitrogens with zero attached hydrogens (tertiary/aromatic N) is 1. The van der Waals surface area contributed by atoms with Gasteiger partial charge < -0.3 is 16.0 Å². The summed E-state index contributed by atoms with van der Waals surface area (Å²) in [5.41, 5.74) is 5.11. The Labute approximate surface area is 129 Å². The van der Waals surface area contributed by atoms with Crippen LogP contribution in [0.25, 0.3) is 0 Å². The van der Waals surface area contributed by atoms with Gasteiger partial charge in [-0.2, -0.15) is 0 Å². The normalized spacial score (nSPS) is 25.8. The number of primary amides is 1. The zero-order chi connectivity index (χ0) is 15.6. The molecule has 0 aromatic rings. The molecular weight excluding hydrogens is 262 g/mol. The van der Waals surface area contributed by atoms with Crippen LogP contribution in [0.1, 0.15) is 59.8 Å². The Balaban J connectivity index is 1.87. The van der Waals surface area contributed by atoms with Crippen molar-refractivity contribution in [3.8, 4) is 0 Å². The number of likely N-dealkylation sites (tertiary alicyclic amines) is 1. The summed E-state index contributed by atoms with van der Waals surface area (Å²) in [6.45, 7) is 11.2. The topological polar surface area (TPSA) is 58.4 Å². The summed E-state index contributed by atoms with van der Waals surface area (Å²) in [6.07, 6.45) is 5.73. The van der Waals surface area contributed by atoms with Gasteiger partial charge in [-0.25, -0.2) is 0 Å². The molecule has 2 rings (SSSR count). The number of nitrogens with two attached hydrogens (primary N) is 1. The lowest BCUT2D eigenvalue weighted by Crippen LogP contribution is -2.57. The molecule has 1 aliphatic carbocycles. The molecule has 3 N–H and O–H groups in total. The third-order valence-corrected chi connectivity index (χ3v) is 5.49. The Bertz CT molecular complexity index is 359. The Morgan fingerprint density at radius 3 is 2.24 bits per heavy atom. The van der Waals surface area contributed by atoms with Crippen molar-refractivity contribution in [1.82, 2.24) is 10.2 Å². The van der Waals surface area contributed by atoms with Gasteiger partial charge >= 0.3 is 0 Å². The van der Waals surface area contributed by atoms with Gasteiger partial charge in [0, 0.05) is 12.1 Å². The van der Waals surface area contributed by atoms with Crippen molar-refractivity contribution in [2.45, 2.75) is 77.4 Å². The van der Waals surface area contributed by atoms with Crippen molar-refractivity contribution < 1.29 is 4.79 Å². The van der Waals surface area contributed by atoms with E-state index in [1.165, 1.54) is 25.7 Å². The fourth-order valence-electron chi connectivity index (χ4n) is 3.66. The third kappa shape index (κ3) is 4.43. The maximum Gasteiger partial charge on any atom is 0.237 e. The molecule has 0 aromatic carbocycles. The van der Waals surface area contributed by atoms with E-state index in [2.05, 4.69) is 31.0 Å². The lowest BCUT2D eigenvalue weighted by molar-refractivity contribution is -0.124. The first-order valence-corrected chi connectivity index (χ1v) is 8.63. The maximum absolute atomic E-state index is 11.9. The highest BCUT2D eigenvalue weighted by Crippen LogP contribution is 2.29. The van der Waals surface area contributed by atoms with Gasteiger partial charge in [-0.3, -0.25) is 4.79 Å². The summed E-state index contributed by atoms with van der Waals surface area (Å²) in [5.74, 6) is 1.44. The first-order valence-electron chi connectivity index (χ1n) is 8.63. The second-order valence-electron chi connectivity index (χ2n) is 7.79. The van der Waals surface area contributed by atoms with Gasteiger partial charge in [-0.1, -0.05) is 13.8 Å². The molecule has 2 unspecified atom stereocenters. The number of carbonyl (C=O) groups is 1. The summed E-state index contributed by atoms with van der Waals surface area (Å²) in [7, 11) is 0. The fourth-order valence-corrected chi connectivity index (χ4v) is 3.66. The summed E-state index contributed by atoms with van der Waals surface area (Å²) < 4.78 is 0. The largest absolute Gasteiger partial charge is 0.368 e. The number of carbonyl (C=O) groups excluding carboxylic acids is 1. The van der Waals surface area contributed by atoms with Crippen molar-refractivity contribution >= 4 is 5.91 Å². The third-order valence-electron chi connectivity index (χ3n) is 5.49. The molecule has 1 heterocycles. The molecule has 1 aliphatic heterocycles. The number of rotatable bonds is 7. The highest BCUT2D eigenvalue weighted by atomic mass is 16.1. The van der Waals surface area contributed by atoms with E-state index in [9.17, 15) is 4.79 Å². The molecule has 0 bridgehead atoms. The monoisotopic (exact) mass is 295 g/mol. The molecule has 1 saturated heterocycles. The first-order chi connectivity index (χ1) is 9.82. The maximum atomic E-state index is 11.9. The quantitative estimate of drug-likeness (QED) is 0.756. The van der Waals surface area contributed by atoms with Gasteiger partial charge in [0.05, 0.1) is 5.54 Å². The number of nitrogens with one attached hydrogen (secondary N) is 1. The van der Waals surface area contributed by atoms with Gasteiger partial charge in [0.2, 0.25) is 5.91 Å². The molecule has 0 radical (unpaired) electrons. The van der Waals surface area contributed by atoms with Crippen molar-refractivity contribution in [1.29, 1.82) is 0 Å². The Morgan fingerprint density at radius 2 is 1.81 bits per heavy atom. The molecule has 21 heavy (non-hydrogen) atoms. The van der Waals surface area contributed by atoms with Crippen LogP contribution in [-0.2, 0) is 4.79 Å². The predicted octanol–water partition coefficient (Wildman–Crippen LogP) is 2.13. The fraction of sp³-hybridized carbons (Fsp3) is 0.941. The minimum absolute atomic E-state index is 0.210. The van der Waals surface area contributed by atoms with Gasteiger partial charge in [0.1, 0.15) is 0 Å². The average molecular weight is 295 g/mol. The van der Waals surface area contributed by atoms with Crippen molar-refractivity contribution in [2.75, 3.05) is 13.1 Å². The van der Waals surface area contributed by atoms with Gasteiger partial charge in [0.25, 0.3) is 0 Å². The summed E-state index contributed by atoms with van der Waals surface area (Å²) in [5, 5.41) is 3.46. The molecule has 4 nitrogen and oxygen atoms in total. The lowest BCUT2D eigenvalue weighted by Gasteiger charge is -2.40. The van der Waals surface area contributed by atoms with E-state index in [4.69, 9.17) is 5.73 Å². The molecule has 0 aromatic heterocycles. The SMILES string of the molecule is CC(C)C1CCN(C(C)CC(C)(NC2CC2)C(N)=O)CC1. The highest BCUT2D eigenvalue weighted by Gasteiger charge is 2.39. The minimum atomic E-state index is -0.560. The second kappa shape index (κ2) is 6.66. The van der Waals surface area contributed by atoms with E-state index < -0.39 is 5.54 Å². The number of hydrogen-bond acceptors (Lipinski definition) is 3. The number of amides is 1. The molecule has 1 amide bonds. The minimum Gasteiger partial charge on any atom is -0.368 e. The van der Waals surface area contributed by atoms with Gasteiger partial charge in [-0.15, -0.1) is 0 Å². The molecule has 0 spiro atoms. The average Bonchev–Trinajstić information content (AvgIpc) is 3.22. The van der Waals surface area contributed by atoms with Crippen molar-refractivity contribution in [3.05, 3.63) is 0 Å². The van der Waals surface area contributed by atoms with Crippen LogP contribution >= 0.6 is 0 Å². The van der Waals surface area contributed by atoms with Gasteiger partial charge in [0.15, 0.2) is 0 Å². The molecular formula is C17H33N3O. The molecule has 1 saturated carbocycles. The Kier molecular flexibility index (Phi) is 5.31.